The van der Waals surface area contributed by atoms with E-state index in [0.717, 1.165) is 24.2 Å². The van der Waals surface area contributed by atoms with Crippen molar-refractivity contribution < 1.29 is 19.1 Å². The van der Waals surface area contributed by atoms with Gasteiger partial charge in [-0.2, -0.15) is 0 Å². The minimum Gasteiger partial charge on any atom is -0.459 e. The second-order valence-corrected chi connectivity index (χ2v) is 7.66. The van der Waals surface area contributed by atoms with Crippen molar-refractivity contribution in [3.05, 3.63) is 33.8 Å². The largest absolute Gasteiger partial charge is 0.459 e. The normalized spacial score (nSPS) is 25.5. The van der Waals surface area contributed by atoms with Gasteiger partial charge in [0.15, 0.2) is 0 Å². The Morgan fingerprint density at radius 1 is 1.31 bits per heavy atom. The number of amides is 3. The lowest BCUT2D eigenvalue weighted by Gasteiger charge is -2.36. The molecule has 0 radical (unpaired) electrons. The summed E-state index contributed by atoms with van der Waals surface area (Å²) in [6.07, 6.45) is 3.40. The fourth-order valence-corrected chi connectivity index (χ4v) is 3.93. The Labute approximate surface area is 161 Å². The highest BCUT2D eigenvalue weighted by Gasteiger charge is 2.55. The fraction of sp³-hybridized carbons (Fsp3) is 0.500. The SMILES string of the molecule is C[C@H]1CCCC[C@]12NC(=O)N(CC(=O)OCc1ccc(Cl)c(Cl)c1)C2=O. The number of imide groups is 1. The third kappa shape index (κ3) is 3.53. The first kappa shape index (κ1) is 19.0. The Kier molecular flexibility index (Phi) is 5.44. The van der Waals surface area contributed by atoms with E-state index >= 15 is 0 Å². The fourth-order valence-electron chi connectivity index (χ4n) is 3.61. The molecule has 1 aromatic carbocycles. The first-order valence-electron chi connectivity index (χ1n) is 8.57. The molecular formula is C18H20Cl2N2O4. The van der Waals surface area contributed by atoms with Gasteiger partial charge in [-0.05, 0) is 36.5 Å². The van der Waals surface area contributed by atoms with Gasteiger partial charge < -0.3 is 10.1 Å². The van der Waals surface area contributed by atoms with Gasteiger partial charge in [0.25, 0.3) is 5.91 Å². The van der Waals surface area contributed by atoms with Crippen molar-refractivity contribution in [2.75, 3.05) is 6.54 Å². The second-order valence-electron chi connectivity index (χ2n) is 6.85. The Hall–Kier alpha value is -1.79. The average molecular weight is 399 g/mol. The minimum absolute atomic E-state index is 0.0130. The lowest BCUT2D eigenvalue weighted by atomic mass is 9.73. The smallest absolute Gasteiger partial charge is 0.326 e. The zero-order valence-electron chi connectivity index (χ0n) is 14.4. The lowest BCUT2D eigenvalue weighted by molar-refractivity contribution is -0.149. The molecule has 3 amide bonds. The number of carbonyl (C=O) groups excluding carboxylic acids is 3. The highest BCUT2D eigenvalue weighted by atomic mass is 35.5. The molecule has 3 rings (SSSR count). The average Bonchev–Trinajstić information content (AvgIpc) is 2.84. The molecule has 6 nitrogen and oxygen atoms in total. The van der Waals surface area contributed by atoms with E-state index in [1.165, 1.54) is 0 Å². The van der Waals surface area contributed by atoms with E-state index < -0.39 is 24.1 Å². The number of esters is 1. The molecule has 2 aliphatic rings. The van der Waals surface area contributed by atoms with Gasteiger partial charge in [-0.1, -0.05) is 49.0 Å². The predicted molar refractivity (Wildman–Crippen MR) is 96.9 cm³/mol. The number of ether oxygens (including phenoxy) is 1. The predicted octanol–water partition coefficient (Wildman–Crippen LogP) is 3.54. The molecule has 8 heteroatoms. The highest BCUT2D eigenvalue weighted by molar-refractivity contribution is 6.42. The molecule has 1 aliphatic heterocycles. The molecule has 1 aliphatic carbocycles. The topological polar surface area (TPSA) is 75.7 Å². The van der Waals surface area contributed by atoms with Crippen LogP contribution < -0.4 is 5.32 Å². The van der Waals surface area contributed by atoms with Crippen molar-refractivity contribution >= 4 is 41.1 Å². The monoisotopic (exact) mass is 398 g/mol. The van der Waals surface area contributed by atoms with Gasteiger partial charge in [0.2, 0.25) is 0 Å². The molecule has 1 spiro atoms. The van der Waals surface area contributed by atoms with Crippen molar-refractivity contribution in [2.24, 2.45) is 5.92 Å². The number of nitrogens with zero attached hydrogens (tertiary/aromatic N) is 1. The molecule has 2 atom stereocenters. The summed E-state index contributed by atoms with van der Waals surface area (Å²) in [7, 11) is 0. The zero-order valence-corrected chi connectivity index (χ0v) is 15.9. The maximum Gasteiger partial charge on any atom is 0.326 e. The van der Waals surface area contributed by atoms with E-state index in [9.17, 15) is 14.4 Å². The molecule has 1 heterocycles. The number of benzene rings is 1. The number of hydrogen-bond donors (Lipinski definition) is 1. The van der Waals surface area contributed by atoms with Crippen molar-refractivity contribution in [1.29, 1.82) is 0 Å². The Morgan fingerprint density at radius 2 is 2.08 bits per heavy atom. The van der Waals surface area contributed by atoms with Crippen LogP contribution in [0.4, 0.5) is 4.79 Å². The summed E-state index contributed by atoms with van der Waals surface area (Å²) in [5.41, 5.74) is -0.207. The molecule has 1 aromatic rings. The van der Waals surface area contributed by atoms with Gasteiger partial charge in [-0.3, -0.25) is 14.5 Å². The molecule has 2 fully saturated rings. The zero-order chi connectivity index (χ0) is 18.9. The van der Waals surface area contributed by atoms with Crippen LogP contribution in [0, 0.1) is 5.92 Å². The van der Waals surface area contributed by atoms with Crippen molar-refractivity contribution in [1.82, 2.24) is 10.2 Å². The van der Waals surface area contributed by atoms with Crippen LogP contribution in [0.1, 0.15) is 38.2 Å². The Balaban J connectivity index is 1.61. The van der Waals surface area contributed by atoms with Crippen LogP contribution in [0.15, 0.2) is 18.2 Å². The first-order chi connectivity index (χ1) is 12.3. The van der Waals surface area contributed by atoms with Gasteiger partial charge in [0.1, 0.15) is 18.7 Å². The number of nitrogens with one attached hydrogen (secondary N) is 1. The van der Waals surface area contributed by atoms with Gasteiger partial charge in [-0.15, -0.1) is 0 Å². The number of halogens is 2. The molecule has 26 heavy (non-hydrogen) atoms. The molecule has 0 unspecified atom stereocenters. The molecule has 1 saturated carbocycles. The van der Waals surface area contributed by atoms with Gasteiger partial charge in [-0.25, -0.2) is 4.79 Å². The van der Waals surface area contributed by atoms with E-state index in [1.807, 2.05) is 6.92 Å². The maximum atomic E-state index is 12.8. The molecule has 0 aromatic heterocycles. The molecule has 1 N–H and O–H groups in total. The van der Waals surface area contributed by atoms with E-state index in [2.05, 4.69) is 5.32 Å². The van der Waals surface area contributed by atoms with E-state index in [1.54, 1.807) is 18.2 Å². The third-order valence-electron chi connectivity index (χ3n) is 5.17. The first-order valence-corrected chi connectivity index (χ1v) is 9.33. The second kappa shape index (κ2) is 7.45. The third-order valence-corrected chi connectivity index (χ3v) is 5.91. The molecule has 1 saturated heterocycles. The lowest BCUT2D eigenvalue weighted by Crippen LogP contribution is -2.54. The van der Waals surface area contributed by atoms with Crippen molar-refractivity contribution in [3.8, 4) is 0 Å². The van der Waals surface area contributed by atoms with Crippen LogP contribution in [0.2, 0.25) is 10.0 Å². The van der Waals surface area contributed by atoms with Gasteiger partial charge in [0, 0.05) is 0 Å². The quantitative estimate of drug-likeness (QED) is 0.621. The Bertz CT molecular complexity index is 755. The number of rotatable bonds is 4. The Morgan fingerprint density at radius 3 is 2.77 bits per heavy atom. The summed E-state index contributed by atoms with van der Waals surface area (Å²) in [5.74, 6) is -0.939. The van der Waals surface area contributed by atoms with Gasteiger partial charge in [0.05, 0.1) is 10.0 Å². The standard InChI is InChI=1S/C18H20Cl2N2O4/c1-11-4-2-3-7-18(11)16(24)22(17(25)21-18)9-15(23)26-10-12-5-6-13(19)14(20)8-12/h5-6,8,11H,2-4,7,9-10H2,1H3,(H,21,25)/t11-,18-/m0/s1. The summed E-state index contributed by atoms with van der Waals surface area (Å²) in [6.45, 7) is 1.55. The molecular weight excluding hydrogens is 379 g/mol. The minimum atomic E-state index is -0.876. The summed E-state index contributed by atoms with van der Waals surface area (Å²) in [5, 5.41) is 3.58. The number of urea groups is 1. The van der Waals surface area contributed by atoms with Crippen LogP contribution in [-0.2, 0) is 20.9 Å². The van der Waals surface area contributed by atoms with Crippen molar-refractivity contribution in [2.45, 2.75) is 44.8 Å². The summed E-state index contributed by atoms with van der Waals surface area (Å²) in [6, 6.07) is 4.37. The maximum absolute atomic E-state index is 12.8. The van der Waals surface area contributed by atoms with E-state index in [4.69, 9.17) is 27.9 Å². The number of hydrogen-bond acceptors (Lipinski definition) is 4. The van der Waals surface area contributed by atoms with Crippen LogP contribution in [0.5, 0.6) is 0 Å². The van der Waals surface area contributed by atoms with Crippen LogP contribution in [-0.4, -0.2) is 34.9 Å². The van der Waals surface area contributed by atoms with E-state index in [0.29, 0.717) is 22.0 Å². The van der Waals surface area contributed by atoms with Crippen molar-refractivity contribution in [3.63, 3.8) is 0 Å². The molecule has 0 bridgehead atoms. The summed E-state index contributed by atoms with van der Waals surface area (Å²) >= 11 is 11.8. The summed E-state index contributed by atoms with van der Waals surface area (Å²) < 4.78 is 5.17. The van der Waals surface area contributed by atoms with Crippen LogP contribution >= 0.6 is 23.2 Å². The van der Waals surface area contributed by atoms with Crippen LogP contribution in [0.25, 0.3) is 0 Å². The van der Waals surface area contributed by atoms with E-state index in [-0.39, 0.29) is 18.4 Å². The number of carbonyl (C=O) groups is 3. The highest BCUT2D eigenvalue weighted by Crippen LogP contribution is 2.38. The summed E-state index contributed by atoms with van der Waals surface area (Å²) in [4.78, 5) is 38.1. The van der Waals surface area contributed by atoms with Crippen LogP contribution in [0.3, 0.4) is 0 Å². The van der Waals surface area contributed by atoms with Gasteiger partial charge >= 0.3 is 12.0 Å². The molecule has 140 valence electrons.